The van der Waals surface area contributed by atoms with Gasteiger partial charge in [0.25, 0.3) is 0 Å². The molecule has 4 rings (SSSR count). The molecule has 25 heavy (non-hydrogen) atoms. The molecule has 0 amide bonds. The van der Waals surface area contributed by atoms with Crippen LogP contribution in [0.1, 0.15) is 47.2 Å². The van der Waals surface area contributed by atoms with Gasteiger partial charge in [-0.3, -0.25) is 9.69 Å². The molecule has 1 saturated heterocycles. The summed E-state index contributed by atoms with van der Waals surface area (Å²) in [6.45, 7) is 2.82. The Morgan fingerprint density at radius 3 is 2.80 bits per heavy atom. The monoisotopic (exact) mass is 340 g/mol. The standard InChI is InChI=1S/C19H24N4O2/c1-22-18(20-21-19(22)15-7-8-15)12-23-9-10-25-13-16(23)11-17(24)14-5-3-2-4-6-14/h2-6,15-16H,7-13H2,1H3. The van der Waals surface area contributed by atoms with Crippen LogP contribution >= 0.6 is 0 Å². The molecule has 2 heterocycles. The number of Topliss-reactive ketones (excluding diaryl/α,β-unsaturated/α-hetero) is 1. The van der Waals surface area contributed by atoms with Crippen molar-refractivity contribution in [2.24, 2.45) is 7.05 Å². The van der Waals surface area contributed by atoms with Crippen molar-refractivity contribution < 1.29 is 9.53 Å². The fourth-order valence-electron chi connectivity index (χ4n) is 3.43. The highest BCUT2D eigenvalue weighted by molar-refractivity contribution is 5.96. The first-order valence-corrected chi connectivity index (χ1v) is 9.00. The number of ketones is 1. The van der Waals surface area contributed by atoms with Crippen LogP contribution in [0, 0.1) is 0 Å². The first-order chi connectivity index (χ1) is 12.2. The van der Waals surface area contributed by atoms with Gasteiger partial charge in [-0.1, -0.05) is 30.3 Å². The molecule has 2 fully saturated rings. The Hall–Kier alpha value is -2.05. The van der Waals surface area contributed by atoms with E-state index in [4.69, 9.17) is 4.74 Å². The predicted octanol–water partition coefficient (Wildman–Crippen LogP) is 2.17. The topological polar surface area (TPSA) is 60.2 Å². The van der Waals surface area contributed by atoms with Crippen LogP contribution in [0.25, 0.3) is 0 Å². The van der Waals surface area contributed by atoms with Crippen molar-refractivity contribution in [1.29, 1.82) is 0 Å². The molecule has 0 N–H and O–H groups in total. The Morgan fingerprint density at radius 2 is 2.04 bits per heavy atom. The van der Waals surface area contributed by atoms with Crippen molar-refractivity contribution in [2.45, 2.75) is 37.8 Å². The normalized spacial score (nSPS) is 21.4. The average Bonchev–Trinajstić information content (AvgIpc) is 3.42. The number of carbonyl (C=O) groups excluding carboxylic acids is 1. The van der Waals surface area contributed by atoms with E-state index in [0.717, 1.165) is 23.8 Å². The Morgan fingerprint density at radius 1 is 1.24 bits per heavy atom. The van der Waals surface area contributed by atoms with Crippen molar-refractivity contribution in [3.8, 4) is 0 Å². The SMILES string of the molecule is Cn1c(CN2CCOCC2CC(=O)c2ccccc2)nnc1C1CC1. The maximum Gasteiger partial charge on any atom is 0.164 e. The molecule has 0 bridgehead atoms. The molecule has 132 valence electrons. The molecular formula is C19H24N4O2. The lowest BCUT2D eigenvalue weighted by molar-refractivity contribution is -0.0140. The van der Waals surface area contributed by atoms with E-state index in [2.05, 4.69) is 19.7 Å². The molecule has 1 aliphatic carbocycles. The number of ether oxygens (including phenoxy) is 1. The number of morpholine rings is 1. The maximum atomic E-state index is 12.6. The fourth-order valence-corrected chi connectivity index (χ4v) is 3.43. The van der Waals surface area contributed by atoms with Crippen LogP contribution in [0.3, 0.4) is 0 Å². The van der Waals surface area contributed by atoms with Crippen LogP contribution in [0.4, 0.5) is 0 Å². The van der Waals surface area contributed by atoms with Gasteiger partial charge >= 0.3 is 0 Å². The molecule has 1 unspecified atom stereocenters. The Labute approximate surface area is 147 Å². The second-order valence-corrected chi connectivity index (χ2v) is 7.00. The molecule has 2 aromatic rings. The number of benzene rings is 1. The Kier molecular flexibility index (Phi) is 4.63. The number of aromatic nitrogens is 3. The molecule has 0 spiro atoms. The van der Waals surface area contributed by atoms with E-state index in [0.29, 0.717) is 32.1 Å². The zero-order chi connectivity index (χ0) is 17.2. The summed E-state index contributed by atoms with van der Waals surface area (Å²) in [5.41, 5.74) is 0.766. The Bertz CT molecular complexity index is 739. The van der Waals surface area contributed by atoms with Crippen LogP contribution in [0.2, 0.25) is 0 Å². The van der Waals surface area contributed by atoms with Gasteiger partial charge in [-0.25, -0.2) is 0 Å². The van der Waals surface area contributed by atoms with Crippen molar-refractivity contribution in [3.05, 3.63) is 47.5 Å². The van der Waals surface area contributed by atoms with Crippen LogP contribution in [-0.4, -0.2) is 51.2 Å². The summed E-state index contributed by atoms with van der Waals surface area (Å²) in [7, 11) is 2.05. The number of hydrogen-bond acceptors (Lipinski definition) is 5. The summed E-state index contributed by atoms with van der Waals surface area (Å²) in [5.74, 6) is 2.82. The van der Waals surface area contributed by atoms with Crippen molar-refractivity contribution in [2.75, 3.05) is 19.8 Å². The second kappa shape index (κ2) is 7.06. The van der Waals surface area contributed by atoms with Crippen molar-refractivity contribution >= 4 is 5.78 Å². The minimum atomic E-state index is 0.0857. The van der Waals surface area contributed by atoms with Gasteiger partial charge in [-0.05, 0) is 12.8 Å². The number of rotatable bonds is 6. The van der Waals surface area contributed by atoms with E-state index in [-0.39, 0.29) is 11.8 Å². The lowest BCUT2D eigenvalue weighted by atomic mass is 10.0. The molecule has 1 atom stereocenters. The van der Waals surface area contributed by atoms with E-state index in [9.17, 15) is 4.79 Å². The first-order valence-electron chi connectivity index (χ1n) is 9.00. The van der Waals surface area contributed by atoms with E-state index >= 15 is 0 Å². The predicted molar refractivity (Wildman–Crippen MR) is 93.4 cm³/mol. The number of hydrogen-bond donors (Lipinski definition) is 0. The third kappa shape index (κ3) is 3.65. The summed E-state index contributed by atoms with van der Waals surface area (Å²) in [5, 5.41) is 8.75. The van der Waals surface area contributed by atoms with E-state index in [1.807, 2.05) is 37.4 Å². The van der Waals surface area contributed by atoms with Crippen LogP contribution in [0.15, 0.2) is 30.3 Å². The molecule has 1 aromatic heterocycles. The lowest BCUT2D eigenvalue weighted by Gasteiger charge is -2.34. The molecular weight excluding hydrogens is 316 g/mol. The second-order valence-electron chi connectivity index (χ2n) is 7.00. The van der Waals surface area contributed by atoms with Gasteiger partial charge in [0.05, 0.1) is 19.8 Å². The van der Waals surface area contributed by atoms with Crippen LogP contribution < -0.4 is 0 Å². The average molecular weight is 340 g/mol. The van der Waals surface area contributed by atoms with E-state index < -0.39 is 0 Å². The molecule has 1 aromatic carbocycles. The first kappa shape index (κ1) is 16.4. The zero-order valence-electron chi connectivity index (χ0n) is 14.6. The quantitative estimate of drug-likeness (QED) is 0.754. The van der Waals surface area contributed by atoms with Gasteiger partial charge in [0.1, 0.15) is 11.6 Å². The molecule has 1 aliphatic heterocycles. The molecule has 6 heteroatoms. The van der Waals surface area contributed by atoms with Crippen molar-refractivity contribution in [1.82, 2.24) is 19.7 Å². The molecule has 0 radical (unpaired) electrons. The van der Waals surface area contributed by atoms with Crippen LogP contribution in [0.5, 0.6) is 0 Å². The van der Waals surface area contributed by atoms with Gasteiger partial charge in [-0.2, -0.15) is 0 Å². The highest BCUT2D eigenvalue weighted by atomic mass is 16.5. The van der Waals surface area contributed by atoms with Gasteiger partial charge in [0, 0.05) is 37.5 Å². The molecule has 1 saturated carbocycles. The van der Waals surface area contributed by atoms with Crippen molar-refractivity contribution in [3.63, 3.8) is 0 Å². The van der Waals surface area contributed by atoms with Crippen LogP contribution in [-0.2, 0) is 18.3 Å². The van der Waals surface area contributed by atoms with E-state index in [1.165, 1.54) is 12.8 Å². The smallest absolute Gasteiger partial charge is 0.164 e. The summed E-state index contributed by atoms with van der Waals surface area (Å²) in [6.07, 6.45) is 2.91. The third-order valence-electron chi connectivity index (χ3n) is 5.15. The highest BCUT2D eigenvalue weighted by Crippen LogP contribution is 2.38. The fraction of sp³-hybridized carbons (Fsp3) is 0.526. The third-order valence-corrected chi connectivity index (χ3v) is 5.15. The zero-order valence-corrected chi connectivity index (χ0v) is 14.6. The number of carbonyl (C=O) groups is 1. The minimum absolute atomic E-state index is 0.0857. The van der Waals surface area contributed by atoms with Gasteiger partial charge in [-0.15, -0.1) is 10.2 Å². The largest absolute Gasteiger partial charge is 0.378 e. The summed E-state index contributed by atoms with van der Waals surface area (Å²) < 4.78 is 7.76. The lowest BCUT2D eigenvalue weighted by Crippen LogP contribution is -2.46. The highest BCUT2D eigenvalue weighted by Gasteiger charge is 2.31. The molecule has 2 aliphatic rings. The van der Waals surface area contributed by atoms with Gasteiger partial charge in [0.2, 0.25) is 0 Å². The van der Waals surface area contributed by atoms with Gasteiger partial charge in [0.15, 0.2) is 5.78 Å². The maximum absolute atomic E-state index is 12.6. The molecule has 6 nitrogen and oxygen atoms in total. The summed E-state index contributed by atoms with van der Waals surface area (Å²) in [6, 6.07) is 9.57. The van der Waals surface area contributed by atoms with Gasteiger partial charge < -0.3 is 9.30 Å². The Balaban J connectivity index is 1.45. The number of nitrogens with zero attached hydrogens (tertiary/aromatic N) is 4. The summed E-state index contributed by atoms with van der Waals surface area (Å²) >= 11 is 0. The minimum Gasteiger partial charge on any atom is -0.378 e. The van der Waals surface area contributed by atoms with E-state index in [1.54, 1.807) is 0 Å². The summed E-state index contributed by atoms with van der Waals surface area (Å²) in [4.78, 5) is 14.9.